The van der Waals surface area contributed by atoms with Crippen molar-refractivity contribution < 1.29 is 4.79 Å². The van der Waals surface area contributed by atoms with Gasteiger partial charge in [0, 0.05) is 31.5 Å². The van der Waals surface area contributed by atoms with E-state index in [0.717, 1.165) is 43.8 Å². The molecule has 1 aromatic rings. The lowest BCUT2D eigenvalue weighted by Gasteiger charge is -2.17. The summed E-state index contributed by atoms with van der Waals surface area (Å²) in [5.74, 6) is 1.61. The van der Waals surface area contributed by atoms with Crippen molar-refractivity contribution >= 4 is 5.78 Å². The van der Waals surface area contributed by atoms with E-state index in [1.54, 1.807) is 0 Å². The van der Waals surface area contributed by atoms with Crippen molar-refractivity contribution in [3.05, 3.63) is 11.9 Å². The van der Waals surface area contributed by atoms with Gasteiger partial charge in [-0.1, -0.05) is 142 Å². The number of rotatable bonds is 26. The van der Waals surface area contributed by atoms with Crippen molar-refractivity contribution in [3.8, 4) is 0 Å². The van der Waals surface area contributed by atoms with Gasteiger partial charge >= 0.3 is 0 Å². The third kappa shape index (κ3) is 16.5. The van der Waals surface area contributed by atoms with Crippen LogP contribution in [0.1, 0.15) is 168 Å². The van der Waals surface area contributed by atoms with Crippen molar-refractivity contribution in [2.24, 2.45) is 11.8 Å². The summed E-state index contributed by atoms with van der Waals surface area (Å²) in [6, 6.07) is 0. The number of hydrogen-bond acceptors (Lipinski definition) is 3. The van der Waals surface area contributed by atoms with Crippen LogP contribution >= 0.6 is 0 Å². The number of ketones is 1. The zero-order valence-corrected chi connectivity index (χ0v) is 24.7. The molecule has 4 nitrogen and oxygen atoms in total. The Bertz CT molecular complexity index is 627. The van der Waals surface area contributed by atoms with Gasteiger partial charge in [0.25, 0.3) is 0 Å². The molecular formula is C32H61N3O. The molecule has 0 radical (unpaired) electrons. The number of hydrogen-bond donors (Lipinski definition) is 0. The van der Waals surface area contributed by atoms with Gasteiger partial charge in [0.15, 0.2) is 0 Å². The van der Waals surface area contributed by atoms with Gasteiger partial charge in [-0.3, -0.25) is 9.48 Å². The molecule has 0 fully saturated rings. The maximum Gasteiger partial charge on any atom is 0.136 e. The minimum absolute atomic E-state index is 0.253. The first-order valence-corrected chi connectivity index (χ1v) is 16.1. The average molecular weight is 504 g/mol. The maximum absolute atomic E-state index is 12.9. The molecule has 2 atom stereocenters. The third-order valence-corrected chi connectivity index (χ3v) is 7.91. The molecule has 0 aromatic carbocycles. The Morgan fingerprint density at radius 1 is 0.694 bits per heavy atom. The minimum Gasteiger partial charge on any atom is -0.299 e. The molecule has 4 heteroatoms. The molecule has 0 aliphatic rings. The average Bonchev–Trinajstić information content (AvgIpc) is 3.34. The second kappa shape index (κ2) is 23.0. The molecule has 0 N–H and O–H groups in total. The van der Waals surface area contributed by atoms with Crippen molar-refractivity contribution in [3.63, 3.8) is 0 Å². The smallest absolute Gasteiger partial charge is 0.136 e. The van der Waals surface area contributed by atoms with Gasteiger partial charge in [0.2, 0.25) is 0 Å². The number of unbranched alkanes of at least 4 members (excludes halogenated alkanes) is 10. The third-order valence-electron chi connectivity index (χ3n) is 7.91. The van der Waals surface area contributed by atoms with Gasteiger partial charge in [-0.25, -0.2) is 0 Å². The fourth-order valence-corrected chi connectivity index (χ4v) is 5.43. The highest BCUT2D eigenvalue weighted by atomic mass is 16.1. The highest BCUT2D eigenvalue weighted by Gasteiger charge is 2.18. The lowest BCUT2D eigenvalue weighted by molar-refractivity contribution is -0.123. The summed E-state index contributed by atoms with van der Waals surface area (Å²) in [6.07, 6.45) is 29.3. The van der Waals surface area contributed by atoms with Crippen LogP contribution in [0.3, 0.4) is 0 Å². The number of carbonyl (C=O) groups excluding carboxylic acids is 1. The number of nitrogens with zero attached hydrogens (tertiary/aromatic N) is 3. The molecule has 36 heavy (non-hydrogen) atoms. The van der Waals surface area contributed by atoms with Crippen LogP contribution < -0.4 is 0 Å². The Hall–Kier alpha value is -1.19. The van der Waals surface area contributed by atoms with E-state index in [0.29, 0.717) is 12.2 Å². The van der Waals surface area contributed by atoms with Crippen LogP contribution in [0, 0.1) is 11.8 Å². The van der Waals surface area contributed by atoms with E-state index < -0.39 is 0 Å². The Labute approximate surface area is 224 Å². The zero-order chi connectivity index (χ0) is 26.3. The molecule has 1 rings (SSSR count). The fourth-order valence-electron chi connectivity index (χ4n) is 5.43. The summed E-state index contributed by atoms with van der Waals surface area (Å²) in [5.41, 5.74) is 0.982. The number of Topliss-reactive ketones (excluding diaryl/α,β-unsaturated/α-hetero) is 1. The number of aromatic nitrogens is 3. The van der Waals surface area contributed by atoms with Crippen LogP contribution in [0.15, 0.2) is 6.20 Å². The van der Waals surface area contributed by atoms with E-state index in [4.69, 9.17) is 0 Å². The fraction of sp³-hybridized carbons (Fsp3) is 0.906. The van der Waals surface area contributed by atoms with Gasteiger partial charge in [0.1, 0.15) is 5.78 Å². The zero-order valence-electron chi connectivity index (χ0n) is 24.7. The summed E-state index contributed by atoms with van der Waals surface area (Å²) in [7, 11) is 0. The summed E-state index contributed by atoms with van der Waals surface area (Å²) in [6.45, 7) is 10.0. The molecule has 0 spiro atoms. The first-order chi connectivity index (χ1) is 17.6. The number of aryl methyl sites for hydroxylation is 2. The molecule has 1 aromatic heterocycles. The molecule has 0 bridgehead atoms. The predicted molar refractivity (Wildman–Crippen MR) is 155 cm³/mol. The Kier molecular flexibility index (Phi) is 20.9. The van der Waals surface area contributed by atoms with Crippen LogP contribution in [-0.2, 0) is 17.8 Å². The van der Waals surface area contributed by atoms with Crippen molar-refractivity contribution in [1.29, 1.82) is 0 Å². The monoisotopic (exact) mass is 503 g/mol. The first-order valence-electron chi connectivity index (χ1n) is 16.1. The van der Waals surface area contributed by atoms with E-state index in [1.807, 2.05) is 4.68 Å². The van der Waals surface area contributed by atoms with Crippen LogP contribution in [-0.4, -0.2) is 20.8 Å². The van der Waals surface area contributed by atoms with Gasteiger partial charge in [-0.15, -0.1) is 5.10 Å². The first kappa shape index (κ1) is 32.8. The van der Waals surface area contributed by atoms with Crippen LogP contribution in [0.2, 0.25) is 0 Å². The van der Waals surface area contributed by atoms with Crippen molar-refractivity contribution in [1.82, 2.24) is 15.0 Å². The van der Waals surface area contributed by atoms with Crippen molar-refractivity contribution in [2.75, 3.05) is 0 Å². The van der Waals surface area contributed by atoms with E-state index >= 15 is 0 Å². The molecule has 0 aliphatic heterocycles. The van der Waals surface area contributed by atoms with Gasteiger partial charge in [0.05, 0.1) is 5.69 Å². The molecule has 1 heterocycles. The lowest BCUT2D eigenvalue weighted by atomic mass is 9.89. The summed E-state index contributed by atoms with van der Waals surface area (Å²) in [4.78, 5) is 12.9. The summed E-state index contributed by atoms with van der Waals surface area (Å²) >= 11 is 0. The Morgan fingerprint density at radius 2 is 1.22 bits per heavy atom. The molecule has 0 aliphatic carbocycles. The molecule has 0 amide bonds. The molecule has 210 valence electrons. The second-order valence-corrected chi connectivity index (χ2v) is 11.3. The van der Waals surface area contributed by atoms with E-state index in [1.165, 1.54) is 109 Å². The highest BCUT2D eigenvalue weighted by Crippen LogP contribution is 2.24. The molecular weight excluding hydrogens is 442 g/mol. The molecule has 2 unspecified atom stereocenters. The van der Waals surface area contributed by atoms with Gasteiger partial charge in [-0.05, 0) is 25.2 Å². The largest absolute Gasteiger partial charge is 0.299 e. The second-order valence-electron chi connectivity index (χ2n) is 11.3. The number of carbonyl (C=O) groups is 1. The van der Waals surface area contributed by atoms with E-state index in [-0.39, 0.29) is 5.92 Å². The summed E-state index contributed by atoms with van der Waals surface area (Å²) < 4.78 is 2.01. The Balaban J connectivity index is 2.35. The SMILES string of the molecule is CCCCCCCC(CCCCC)CCCCn1cc(CCC(=O)C(CCCC)CCCCC)nn1. The standard InChI is InChI=1S/C32H61N3O/c1-5-9-13-14-17-21-29(20-15-10-6-2)22-18-19-27-35-28-31(33-34-35)25-26-32(36)30(23-12-8-4)24-16-11-7-3/h28-30H,5-27H2,1-4H3. The maximum atomic E-state index is 12.9. The summed E-state index contributed by atoms with van der Waals surface area (Å²) in [5, 5.41) is 8.73. The normalized spacial score (nSPS) is 13.2. The quantitative estimate of drug-likeness (QED) is 0.118. The van der Waals surface area contributed by atoms with E-state index in [9.17, 15) is 4.79 Å². The Morgan fingerprint density at radius 3 is 1.89 bits per heavy atom. The van der Waals surface area contributed by atoms with Gasteiger partial charge < -0.3 is 0 Å². The van der Waals surface area contributed by atoms with E-state index in [2.05, 4.69) is 44.2 Å². The minimum atomic E-state index is 0.253. The topological polar surface area (TPSA) is 47.8 Å². The van der Waals surface area contributed by atoms with Crippen LogP contribution in [0.25, 0.3) is 0 Å². The lowest BCUT2D eigenvalue weighted by Crippen LogP contribution is -2.15. The molecule has 0 saturated heterocycles. The van der Waals surface area contributed by atoms with Crippen molar-refractivity contribution in [2.45, 2.75) is 175 Å². The predicted octanol–water partition coefficient (Wildman–Crippen LogP) is 9.89. The van der Waals surface area contributed by atoms with Crippen LogP contribution in [0.5, 0.6) is 0 Å². The molecule has 0 saturated carbocycles. The van der Waals surface area contributed by atoms with Gasteiger partial charge in [-0.2, -0.15) is 0 Å². The van der Waals surface area contributed by atoms with Crippen LogP contribution in [0.4, 0.5) is 0 Å². The highest BCUT2D eigenvalue weighted by molar-refractivity contribution is 5.81.